The summed E-state index contributed by atoms with van der Waals surface area (Å²) in [7, 11) is -4.84. The standard InChI is InChI=1S/C25H45NO.C4H6O7S.H3N/c1-4-5-6-7-8-9-10-11-12-13-14-18-21-25(27,24(2,3)26)22-23-19-16-15-17-20-23;5-3(6)1-2(4(7)8)12(9,10)11;/h15-17,19-20,27H,4-14,18,21-22,26H2,1-3H3;2H,1H2,(H,5,6)(H,7,8)(H,9,10,11);1H3. The average molecular weight is 591 g/mol. The van der Waals surface area contributed by atoms with Crippen molar-refractivity contribution in [2.45, 2.75) is 133 Å². The average Bonchev–Trinajstić information content (AvgIpc) is 2.82. The molecule has 0 heterocycles. The third-order valence-corrected chi connectivity index (χ3v) is 8.07. The van der Waals surface area contributed by atoms with Crippen LogP contribution in [0.5, 0.6) is 0 Å². The number of carboxylic acid groups (broad SMARTS) is 2. The van der Waals surface area contributed by atoms with Crippen LogP contribution in [0.1, 0.15) is 116 Å². The Morgan fingerprint density at radius 3 is 1.60 bits per heavy atom. The molecular weight excluding hydrogens is 536 g/mol. The summed E-state index contributed by atoms with van der Waals surface area (Å²) in [5.74, 6) is -3.50. The summed E-state index contributed by atoms with van der Waals surface area (Å²) in [6, 6.07) is 10.2. The largest absolute Gasteiger partial charge is 0.481 e. The second kappa shape index (κ2) is 20.8. The van der Waals surface area contributed by atoms with Gasteiger partial charge in [0.2, 0.25) is 0 Å². The van der Waals surface area contributed by atoms with Crippen molar-refractivity contribution in [1.82, 2.24) is 6.15 Å². The Morgan fingerprint density at radius 2 is 1.27 bits per heavy atom. The molecule has 0 aromatic heterocycles. The molecule has 10 nitrogen and oxygen atoms in total. The minimum atomic E-state index is -4.84. The molecule has 1 rings (SSSR count). The fourth-order valence-corrected chi connectivity index (χ4v) is 4.92. The maximum Gasteiger partial charge on any atom is 0.325 e. The molecule has 9 N–H and O–H groups in total. The summed E-state index contributed by atoms with van der Waals surface area (Å²) in [5.41, 5.74) is 6.08. The Kier molecular flexibility index (Phi) is 20.8. The van der Waals surface area contributed by atoms with Crippen LogP contribution in [0.2, 0.25) is 0 Å². The molecule has 0 radical (unpaired) electrons. The third kappa shape index (κ3) is 18.3. The van der Waals surface area contributed by atoms with E-state index in [9.17, 15) is 23.1 Å². The van der Waals surface area contributed by atoms with Gasteiger partial charge in [0.15, 0.2) is 5.25 Å². The van der Waals surface area contributed by atoms with Crippen LogP contribution in [0.25, 0.3) is 0 Å². The van der Waals surface area contributed by atoms with E-state index in [1.165, 1.54) is 70.6 Å². The van der Waals surface area contributed by atoms with E-state index in [0.717, 1.165) is 18.4 Å². The van der Waals surface area contributed by atoms with Crippen molar-refractivity contribution in [2.75, 3.05) is 0 Å². The summed E-state index contributed by atoms with van der Waals surface area (Å²) in [4.78, 5) is 20.0. The minimum Gasteiger partial charge on any atom is -0.481 e. The molecule has 2 atom stereocenters. The van der Waals surface area contributed by atoms with E-state index < -0.39 is 44.9 Å². The topological polar surface area (TPSA) is 210 Å². The number of carbonyl (C=O) groups is 2. The Hall–Kier alpha value is -2.05. The summed E-state index contributed by atoms with van der Waals surface area (Å²) < 4.78 is 28.7. The molecule has 1 aromatic rings. The van der Waals surface area contributed by atoms with Crippen LogP contribution in [-0.4, -0.2) is 56.6 Å². The lowest BCUT2D eigenvalue weighted by molar-refractivity contribution is -0.143. The highest BCUT2D eigenvalue weighted by Gasteiger charge is 2.40. The van der Waals surface area contributed by atoms with Crippen molar-refractivity contribution in [3.05, 3.63) is 35.9 Å². The van der Waals surface area contributed by atoms with E-state index in [2.05, 4.69) is 19.1 Å². The first-order valence-electron chi connectivity index (χ1n) is 14.1. The maximum atomic E-state index is 11.2. The van der Waals surface area contributed by atoms with Crippen LogP contribution in [0.4, 0.5) is 0 Å². The molecule has 0 aliphatic rings. The van der Waals surface area contributed by atoms with E-state index in [4.69, 9.17) is 20.5 Å². The summed E-state index contributed by atoms with van der Waals surface area (Å²) in [6.45, 7) is 6.18. The minimum absolute atomic E-state index is 0. The molecule has 0 amide bonds. The second-order valence-electron chi connectivity index (χ2n) is 11.0. The van der Waals surface area contributed by atoms with Gasteiger partial charge in [0.1, 0.15) is 0 Å². The Bertz CT molecular complexity index is 920. The van der Waals surface area contributed by atoms with Gasteiger partial charge in [-0.05, 0) is 25.8 Å². The van der Waals surface area contributed by atoms with Crippen molar-refractivity contribution in [3.8, 4) is 0 Å². The fourth-order valence-electron chi connectivity index (χ4n) is 4.31. The van der Waals surface area contributed by atoms with Crippen molar-refractivity contribution in [3.63, 3.8) is 0 Å². The number of carboxylic acids is 2. The molecule has 0 saturated heterocycles. The van der Waals surface area contributed by atoms with Crippen LogP contribution < -0.4 is 11.9 Å². The predicted octanol–water partition coefficient (Wildman–Crippen LogP) is 5.75. The van der Waals surface area contributed by atoms with E-state index in [1.54, 1.807) is 0 Å². The van der Waals surface area contributed by atoms with Crippen LogP contribution >= 0.6 is 0 Å². The van der Waals surface area contributed by atoms with Gasteiger partial charge in [-0.3, -0.25) is 14.1 Å². The van der Waals surface area contributed by atoms with Crippen LogP contribution in [0.15, 0.2) is 30.3 Å². The number of unbranched alkanes of at least 4 members (excludes halogenated alkanes) is 11. The number of hydrogen-bond acceptors (Lipinski definition) is 7. The second-order valence-corrected chi connectivity index (χ2v) is 12.6. The molecule has 234 valence electrons. The van der Waals surface area contributed by atoms with Crippen molar-refractivity contribution in [1.29, 1.82) is 0 Å². The van der Waals surface area contributed by atoms with Gasteiger partial charge >= 0.3 is 11.9 Å². The molecule has 0 fully saturated rings. The SMILES string of the molecule is CCCCCCCCCCCCCCC(O)(Cc1ccccc1)C(C)(C)N.N.O=C(O)CC(C(=O)O)S(=O)(=O)O. The lowest BCUT2D eigenvalue weighted by Crippen LogP contribution is -2.57. The molecule has 0 aliphatic carbocycles. The maximum absolute atomic E-state index is 11.2. The first-order chi connectivity index (χ1) is 18.1. The molecule has 1 aromatic carbocycles. The zero-order valence-corrected chi connectivity index (χ0v) is 25.5. The molecule has 40 heavy (non-hydrogen) atoms. The lowest BCUT2D eigenvalue weighted by atomic mass is 9.75. The summed E-state index contributed by atoms with van der Waals surface area (Å²) in [5, 5.41) is 25.2. The van der Waals surface area contributed by atoms with Gasteiger partial charge in [-0.1, -0.05) is 114 Å². The van der Waals surface area contributed by atoms with Gasteiger partial charge in [-0.2, -0.15) is 8.42 Å². The summed E-state index contributed by atoms with van der Waals surface area (Å²) in [6.07, 6.45) is 16.3. The monoisotopic (exact) mass is 590 g/mol. The first-order valence-corrected chi connectivity index (χ1v) is 15.6. The van der Waals surface area contributed by atoms with Crippen molar-refractivity contribution < 1.29 is 37.9 Å². The molecule has 0 bridgehead atoms. The van der Waals surface area contributed by atoms with Crippen molar-refractivity contribution >= 4 is 22.1 Å². The number of aliphatic carboxylic acids is 2. The van der Waals surface area contributed by atoms with Gasteiger partial charge in [-0.15, -0.1) is 0 Å². The molecule has 0 saturated carbocycles. The van der Waals surface area contributed by atoms with E-state index in [-0.39, 0.29) is 6.15 Å². The van der Waals surface area contributed by atoms with Crippen LogP contribution in [-0.2, 0) is 26.1 Å². The number of hydrogen-bond donors (Lipinski definition) is 6. The predicted molar refractivity (Wildman–Crippen MR) is 159 cm³/mol. The lowest BCUT2D eigenvalue weighted by Gasteiger charge is -2.40. The molecule has 11 heteroatoms. The highest BCUT2D eigenvalue weighted by molar-refractivity contribution is 7.87. The Morgan fingerprint density at radius 1 is 0.850 bits per heavy atom. The van der Waals surface area contributed by atoms with Gasteiger partial charge < -0.3 is 27.2 Å². The van der Waals surface area contributed by atoms with Crippen LogP contribution in [0.3, 0.4) is 0 Å². The number of rotatable bonds is 20. The van der Waals surface area contributed by atoms with Gasteiger partial charge in [0, 0.05) is 12.0 Å². The van der Waals surface area contributed by atoms with Gasteiger partial charge in [-0.25, -0.2) is 0 Å². The number of aliphatic hydroxyl groups is 1. The fraction of sp³-hybridized carbons (Fsp3) is 0.724. The zero-order chi connectivity index (χ0) is 30.0. The van der Waals surface area contributed by atoms with E-state index >= 15 is 0 Å². The molecule has 2 unspecified atom stereocenters. The third-order valence-electron chi connectivity index (χ3n) is 6.98. The van der Waals surface area contributed by atoms with Crippen LogP contribution in [0, 0.1) is 0 Å². The molecular formula is C29H54N2O8S. The van der Waals surface area contributed by atoms with Gasteiger partial charge in [0.05, 0.1) is 12.0 Å². The van der Waals surface area contributed by atoms with Crippen molar-refractivity contribution in [2.24, 2.45) is 5.73 Å². The highest BCUT2D eigenvalue weighted by Crippen LogP contribution is 2.30. The number of benzene rings is 1. The zero-order valence-electron chi connectivity index (χ0n) is 24.7. The normalized spacial score (nSPS) is 13.8. The summed E-state index contributed by atoms with van der Waals surface area (Å²) >= 11 is 0. The Labute approximate surface area is 241 Å². The quantitative estimate of drug-likeness (QED) is 0.0799. The van der Waals surface area contributed by atoms with E-state index in [0.29, 0.717) is 6.42 Å². The first kappa shape index (κ1) is 40.1. The number of nitrogens with two attached hydrogens (primary N) is 1. The van der Waals surface area contributed by atoms with E-state index in [1.807, 2.05) is 32.0 Å². The Balaban J connectivity index is 0. The molecule has 0 spiro atoms. The smallest absolute Gasteiger partial charge is 0.325 e. The molecule has 0 aliphatic heterocycles. The highest BCUT2D eigenvalue weighted by atomic mass is 32.2. The van der Waals surface area contributed by atoms with Gasteiger partial charge in [0.25, 0.3) is 10.1 Å².